The van der Waals surface area contributed by atoms with Gasteiger partial charge in [-0.2, -0.15) is 0 Å². The van der Waals surface area contributed by atoms with Crippen molar-refractivity contribution in [3.05, 3.63) is 36.0 Å². The molecule has 1 aromatic carbocycles. The van der Waals surface area contributed by atoms with Gasteiger partial charge in [-0.25, -0.2) is 0 Å². The second-order valence-corrected chi connectivity index (χ2v) is 8.21. The summed E-state index contributed by atoms with van der Waals surface area (Å²) in [4.78, 5) is 30.1. The Kier molecular flexibility index (Phi) is 7.28. The number of nitrogens with one attached hydrogen (secondary N) is 3. The SMILES string of the molecule is CC(=O)NC(Cc1c[nH]c2ccccc12)C(=O)NCC1CN(CC(C)C)CCO1. The van der Waals surface area contributed by atoms with E-state index in [-0.39, 0.29) is 17.9 Å². The highest BCUT2D eigenvalue weighted by atomic mass is 16.5. The summed E-state index contributed by atoms with van der Waals surface area (Å²) < 4.78 is 5.82. The Morgan fingerprint density at radius 1 is 1.31 bits per heavy atom. The number of morpholine rings is 1. The smallest absolute Gasteiger partial charge is 0.243 e. The highest BCUT2D eigenvalue weighted by Gasteiger charge is 2.25. The van der Waals surface area contributed by atoms with Crippen molar-refractivity contribution in [2.24, 2.45) is 5.92 Å². The van der Waals surface area contributed by atoms with Crippen molar-refractivity contribution in [1.29, 1.82) is 0 Å². The molecule has 0 bridgehead atoms. The van der Waals surface area contributed by atoms with Gasteiger partial charge in [-0.1, -0.05) is 32.0 Å². The first kappa shape index (κ1) is 21.3. The minimum Gasteiger partial charge on any atom is -0.374 e. The predicted octanol–water partition coefficient (Wildman–Crippen LogP) is 1.69. The molecule has 0 saturated carbocycles. The largest absolute Gasteiger partial charge is 0.374 e. The summed E-state index contributed by atoms with van der Waals surface area (Å²) in [5.41, 5.74) is 2.02. The standard InChI is InChI=1S/C22H32N4O3/c1-15(2)13-26-8-9-29-18(14-26)12-24-22(28)21(25-16(3)27)10-17-11-23-20-7-5-4-6-19(17)20/h4-7,11,15,18,21,23H,8-10,12-14H2,1-3H3,(H,24,28)(H,25,27). The van der Waals surface area contributed by atoms with Crippen molar-refractivity contribution in [3.63, 3.8) is 0 Å². The minimum atomic E-state index is -0.623. The van der Waals surface area contributed by atoms with Crippen molar-refractivity contribution in [2.45, 2.75) is 39.3 Å². The number of aromatic amines is 1. The topological polar surface area (TPSA) is 86.5 Å². The van der Waals surface area contributed by atoms with E-state index in [2.05, 4.69) is 34.4 Å². The fourth-order valence-electron chi connectivity index (χ4n) is 3.90. The number of ether oxygens (including phenoxy) is 1. The summed E-state index contributed by atoms with van der Waals surface area (Å²) in [6, 6.07) is 7.32. The van der Waals surface area contributed by atoms with E-state index in [9.17, 15) is 9.59 Å². The number of hydrogen-bond donors (Lipinski definition) is 3. The molecule has 2 atom stereocenters. The van der Waals surface area contributed by atoms with Gasteiger partial charge in [0.2, 0.25) is 11.8 Å². The monoisotopic (exact) mass is 400 g/mol. The summed E-state index contributed by atoms with van der Waals surface area (Å²) >= 11 is 0. The van der Waals surface area contributed by atoms with Crippen molar-refractivity contribution >= 4 is 22.7 Å². The molecule has 1 fully saturated rings. The number of amides is 2. The molecule has 7 heteroatoms. The van der Waals surface area contributed by atoms with Gasteiger partial charge in [-0.15, -0.1) is 0 Å². The van der Waals surface area contributed by atoms with E-state index in [4.69, 9.17) is 4.74 Å². The van der Waals surface area contributed by atoms with Gasteiger partial charge in [-0.3, -0.25) is 14.5 Å². The molecule has 2 amide bonds. The Bertz CT molecular complexity index is 832. The van der Waals surface area contributed by atoms with Gasteiger partial charge in [0.05, 0.1) is 12.7 Å². The van der Waals surface area contributed by atoms with Crippen molar-refractivity contribution in [1.82, 2.24) is 20.5 Å². The Morgan fingerprint density at radius 2 is 2.10 bits per heavy atom. The van der Waals surface area contributed by atoms with Gasteiger partial charge in [0.1, 0.15) is 6.04 Å². The number of hydrogen-bond acceptors (Lipinski definition) is 4. The van der Waals surface area contributed by atoms with E-state index in [1.54, 1.807) is 0 Å². The van der Waals surface area contributed by atoms with Crippen molar-refractivity contribution in [2.75, 3.05) is 32.8 Å². The van der Waals surface area contributed by atoms with E-state index in [0.717, 1.165) is 36.1 Å². The molecule has 29 heavy (non-hydrogen) atoms. The lowest BCUT2D eigenvalue weighted by Crippen LogP contribution is -2.52. The average molecular weight is 401 g/mol. The second kappa shape index (κ2) is 9.89. The van der Waals surface area contributed by atoms with Crippen LogP contribution in [0.1, 0.15) is 26.3 Å². The van der Waals surface area contributed by atoms with Crippen LogP contribution in [0.4, 0.5) is 0 Å². The van der Waals surface area contributed by atoms with Gasteiger partial charge in [0.15, 0.2) is 0 Å². The first-order chi connectivity index (χ1) is 13.9. The lowest BCUT2D eigenvalue weighted by Gasteiger charge is -2.34. The lowest BCUT2D eigenvalue weighted by atomic mass is 10.0. The van der Waals surface area contributed by atoms with Crippen LogP contribution in [0.5, 0.6) is 0 Å². The number of aromatic nitrogens is 1. The maximum Gasteiger partial charge on any atom is 0.243 e. The van der Waals surface area contributed by atoms with Gasteiger partial charge in [0.25, 0.3) is 0 Å². The Morgan fingerprint density at radius 3 is 2.86 bits per heavy atom. The third-order valence-corrected chi connectivity index (χ3v) is 5.14. The number of para-hydroxylation sites is 1. The highest BCUT2D eigenvalue weighted by Crippen LogP contribution is 2.19. The summed E-state index contributed by atoms with van der Waals surface area (Å²) in [5.74, 6) is 0.195. The number of nitrogens with zero attached hydrogens (tertiary/aromatic N) is 1. The molecule has 2 unspecified atom stereocenters. The van der Waals surface area contributed by atoms with E-state index in [0.29, 0.717) is 25.5 Å². The van der Waals surface area contributed by atoms with Crippen LogP contribution in [0.15, 0.2) is 30.5 Å². The summed E-state index contributed by atoms with van der Waals surface area (Å²) in [6.07, 6.45) is 2.30. The minimum absolute atomic E-state index is 0.0301. The molecule has 3 N–H and O–H groups in total. The first-order valence-electron chi connectivity index (χ1n) is 10.4. The molecular formula is C22H32N4O3. The number of carbonyl (C=O) groups excluding carboxylic acids is 2. The fraction of sp³-hybridized carbons (Fsp3) is 0.545. The first-order valence-corrected chi connectivity index (χ1v) is 10.4. The van der Waals surface area contributed by atoms with Crippen LogP contribution in [0.3, 0.4) is 0 Å². The molecule has 0 aliphatic carbocycles. The van der Waals surface area contributed by atoms with Crippen LogP contribution in [0.25, 0.3) is 10.9 Å². The van der Waals surface area contributed by atoms with E-state index >= 15 is 0 Å². The summed E-state index contributed by atoms with van der Waals surface area (Å²) in [7, 11) is 0. The van der Waals surface area contributed by atoms with Crippen LogP contribution in [-0.4, -0.2) is 66.6 Å². The second-order valence-electron chi connectivity index (χ2n) is 8.21. The maximum absolute atomic E-state index is 12.8. The number of carbonyl (C=O) groups is 2. The fourth-order valence-corrected chi connectivity index (χ4v) is 3.90. The molecular weight excluding hydrogens is 368 g/mol. The average Bonchev–Trinajstić information content (AvgIpc) is 3.08. The Balaban J connectivity index is 1.60. The maximum atomic E-state index is 12.8. The zero-order valence-corrected chi connectivity index (χ0v) is 17.5. The molecule has 1 saturated heterocycles. The number of rotatable bonds is 8. The molecule has 2 heterocycles. The molecule has 0 spiro atoms. The molecule has 2 aromatic rings. The third-order valence-electron chi connectivity index (χ3n) is 5.14. The van der Waals surface area contributed by atoms with E-state index in [1.165, 1.54) is 6.92 Å². The molecule has 1 aromatic heterocycles. The zero-order chi connectivity index (χ0) is 20.8. The predicted molar refractivity (Wildman–Crippen MR) is 114 cm³/mol. The van der Waals surface area contributed by atoms with Gasteiger partial charge in [0, 0.05) is 56.6 Å². The zero-order valence-electron chi connectivity index (χ0n) is 17.5. The number of fused-ring (bicyclic) bond motifs is 1. The molecule has 158 valence electrons. The van der Waals surface area contributed by atoms with Gasteiger partial charge in [-0.05, 0) is 17.5 Å². The van der Waals surface area contributed by atoms with Gasteiger partial charge < -0.3 is 20.4 Å². The number of H-pyrrole nitrogens is 1. The van der Waals surface area contributed by atoms with Crippen molar-refractivity contribution in [3.8, 4) is 0 Å². The molecule has 1 aliphatic rings. The molecule has 0 radical (unpaired) electrons. The highest BCUT2D eigenvalue weighted by molar-refractivity contribution is 5.89. The quantitative estimate of drug-likeness (QED) is 0.629. The van der Waals surface area contributed by atoms with Crippen LogP contribution in [0.2, 0.25) is 0 Å². The Hall–Kier alpha value is -2.38. The number of benzene rings is 1. The van der Waals surface area contributed by atoms with Crippen LogP contribution in [-0.2, 0) is 20.7 Å². The Labute approximate surface area is 172 Å². The van der Waals surface area contributed by atoms with E-state index in [1.807, 2.05) is 30.5 Å². The molecule has 7 nitrogen and oxygen atoms in total. The van der Waals surface area contributed by atoms with Gasteiger partial charge >= 0.3 is 0 Å². The van der Waals surface area contributed by atoms with Crippen LogP contribution < -0.4 is 10.6 Å². The van der Waals surface area contributed by atoms with Crippen molar-refractivity contribution < 1.29 is 14.3 Å². The normalized spacial score (nSPS) is 18.7. The third kappa shape index (κ3) is 6.05. The lowest BCUT2D eigenvalue weighted by molar-refractivity contribution is -0.128. The summed E-state index contributed by atoms with van der Waals surface area (Å²) in [5, 5.41) is 6.83. The molecule has 3 rings (SSSR count). The van der Waals surface area contributed by atoms with Crippen LogP contribution in [0, 0.1) is 5.92 Å². The van der Waals surface area contributed by atoms with E-state index < -0.39 is 6.04 Å². The molecule has 1 aliphatic heterocycles. The summed E-state index contributed by atoms with van der Waals surface area (Å²) in [6.45, 7) is 9.73. The van der Waals surface area contributed by atoms with Crippen LogP contribution >= 0.6 is 0 Å².